The third kappa shape index (κ3) is 4.46. The Bertz CT molecular complexity index is 799. The summed E-state index contributed by atoms with van der Waals surface area (Å²) in [7, 11) is 0. The molecule has 2 aliphatic rings. The van der Waals surface area contributed by atoms with Gasteiger partial charge < -0.3 is 20.9 Å². The smallest absolute Gasteiger partial charge is 0.323 e. The van der Waals surface area contributed by atoms with Gasteiger partial charge in [0.1, 0.15) is 0 Å². The summed E-state index contributed by atoms with van der Waals surface area (Å²) in [4.78, 5) is 27.1. The van der Waals surface area contributed by atoms with E-state index in [9.17, 15) is 9.59 Å². The van der Waals surface area contributed by atoms with E-state index in [1.807, 2.05) is 30.3 Å². The second-order valence-electron chi connectivity index (χ2n) is 7.11. The van der Waals surface area contributed by atoms with Crippen LogP contribution in [0.5, 0.6) is 0 Å². The number of hydrogen-bond donors (Lipinski definition) is 3. The van der Waals surface area contributed by atoms with Crippen molar-refractivity contribution in [2.24, 2.45) is 0 Å². The Morgan fingerprint density at radius 2 is 1.50 bits per heavy atom. The highest BCUT2D eigenvalue weighted by Crippen LogP contribution is 2.29. The SMILES string of the molecule is Cl.O=C(Nc1ccccc1)Nc1ccc(C(=O)N2C3CCNCC2CC3)cc1. The minimum Gasteiger partial charge on any atom is -0.331 e. The van der Waals surface area contributed by atoms with Gasteiger partial charge in [-0.3, -0.25) is 4.79 Å². The molecule has 148 valence electrons. The molecule has 2 saturated heterocycles. The third-order valence-corrected chi connectivity index (χ3v) is 5.31. The van der Waals surface area contributed by atoms with Gasteiger partial charge in [-0.15, -0.1) is 12.4 Å². The van der Waals surface area contributed by atoms with Crippen LogP contribution in [0.3, 0.4) is 0 Å². The van der Waals surface area contributed by atoms with Crippen LogP contribution in [0.4, 0.5) is 16.2 Å². The molecule has 2 aliphatic heterocycles. The summed E-state index contributed by atoms with van der Waals surface area (Å²) in [6, 6.07) is 16.7. The molecule has 0 aliphatic carbocycles. The maximum absolute atomic E-state index is 13.0. The quantitative estimate of drug-likeness (QED) is 0.735. The highest BCUT2D eigenvalue weighted by molar-refractivity contribution is 6.00. The third-order valence-electron chi connectivity index (χ3n) is 5.31. The number of amides is 3. The fourth-order valence-corrected chi connectivity index (χ4v) is 3.97. The van der Waals surface area contributed by atoms with Crippen molar-refractivity contribution in [3.05, 3.63) is 60.2 Å². The molecular weight excluding hydrogens is 376 g/mol. The number of nitrogens with zero attached hydrogens (tertiary/aromatic N) is 1. The van der Waals surface area contributed by atoms with Gasteiger partial charge in [-0.1, -0.05) is 18.2 Å². The van der Waals surface area contributed by atoms with Gasteiger partial charge >= 0.3 is 6.03 Å². The first kappa shape index (κ1) is 20.2. The fraction of sp³-hybridized carbons (Fsp3) is 0.333. The Morgan fingerprint density at radius 1 is 0.857 bits per heavy atom. The highest BCUT2D eigenvalue weighted by atomic mass is 35.5. The van der Waals surface area contributed by atoms with Gasteiger partial charge in [-0.2, -0.15) is 0 Å². The Kier molecular flexibility index (Phi) is 6.54. The lowest BCUT2D eigenvalue weighted by Gasteiger charge is -2.28. The molecule has 7 heteroatoms. The van der Waals surface area contributed by atoms with E-state index in [0.717, 1.165) is 38.0 Å². The summed E-state index contributed by atoms with van der Waals surface area (Å²) in [5.74, 6) is 0.0893. The number of anilines is 2. The molecule has 2 bridgehead atoms. The van der Waals surface area contributed by atoms with Gasteiger partial charge in [0.15, 0.2) is 0 Å². The molecule has 3 N–H and O–H groups in total. The summed E-state index contributed by atoms with van der Waals surface area (Å²) in [6.07, 6.45) is 3.18. The molecule has 2 aromatic carbocycles. The normalized spacial score (nSPS) is 20.6. The summed E-state index contributed by atoms with van der Waals surface area (Å²) < 4.78 is 0. The molecule has 6 nitrogen and oxygen atoms in total. The number of halogens is 1. The first-order valence-electron chi connectivity index (χ1n) is 9.47. The molecule has 3 amide bonds. The molecule has 28 heavy (non-hydrogen) atoms. The van der Waals surface area contributed by atoms with Crippen molar-refractivity contribution in [3.63, 3.8) is 0 Å². The summed E-state index contributed by atoms with van der Waals surface area (Å²) in [5.41, 5.74) is 2.05. The van der Waals surface area contributed by atoms with E-state index in [-0.39, 0.29) is 24.3 Å². The van der Waals surface area contributed by atoms with E-state index >= 15 is 0 Å². The van der Waals surface area contributed by atoms with Crippen molar-refractivity contribution in [1.29, 1.82) is 0 Å². The van der Waals surface area contributed by atoms with E-state index in [1.165, 1.54) is 0 Å². The van der Waals surface area contributed by atoms with E-state index in [0.29, 0.717) is 23.3 Å². The topological polar surface area (TPSA) is 73.5 Å². The zero-order valence-corrected chi connectivity index (χ0v) is 16.4. The van der Waals surface area contributed by atoms with Crippen molar-refractivity contribution in [3.8, 4) is 0 Å². The van der Waals surface area contributed by atoms with Gasteiger partial charge in [0.05, 0.1) is 0 Å². The number of carbonyl (C=O) groups is 2. The molecule has 2 aromatic rings. The van der Waals surface area contributed by atoms with Gasteiger partial charge in [-0.05, 0) is 62.2 Å². The number of nitrogens with one attached hydrogen (secondary N) is 3. The maximum atomic E-state index is 13.0. The lowest BCUT2D eigenvalue weighted by atomic mass is 10.1. The van der Waals surface area contributed by atoms with Gasteiger partial charge in [-0.25, -0.2) is 4.79 Å². The Labute approximate surface area is 171 Å². The minimum absolute atomic E-state index is 0. The zero-order chi connectivity index (χ0) is 18.6. The average Bonchev–Trinajstić information content (AvgIpc) is 2.95. The molecule has 2 atom stereocenters. The standard InChI is InChI=1S/C21H24N4O2.ClH/c26-20(25-18-10-11-19(25)14-22-13-12-18)15-6-8-17(9-7-15)24-21(27)23-16-4-2-1-3-5-16;/h1-9,18-19,22H,10-14H2,(H2,23,24,27);1H. The number of hydrogen-bond acceptors (Lipinski definition) is 3. The van der Waals surface area contributed by atoms with Gasteiger partial charge in [0, 0.05) is 35.6 Å². The predicted octanol–water partition coefficient (Wildman–Crippen LogP) is 3.72. The largest absolute Gasteiger partial charge is 0.331 e. The number of rotatable bonds is 3. The van der Waals surface area contributed by atoms with Crippen LogP contribution in [0.2, 0.25) is 0 Å². The number of benzene rings is 2. The second kappa shape index (κ2) is 9.08. The minimum atomic E-state index is -0.308. The Balaban J connectivity index is 0.00000225. The lowest BCUT2D eigenvalue weighted by Crippen LogP contribution is -2.42. The van der Waals surface area contributed by atoms with Gasteiger partial charge in [0.25, 0.3) is 5.91 Å². The molecule has 4 rings (SSSR count). The summed E-state index contributed by atoms with van der Waals surface area (Å²) >= 11 is 0. The van der Waals surface area contributed by atoms with Crippen LogP contribution >= 0.6 is 12.4 Å². The van der Waals surface area contributed by atoms with Crippen LogP contribution in [0, 0.1) is 0 Å². The van der Waals surface area contributed by atoms with Crippen molar-refractivity contribution in [2.75, 3.05) is 23.7 Å². The molecule has 2 heterocycles. The van der Waals surface area contributed by atoms with Crippen molar-refractivity contribution in [2.45, 2.75) is 31.3 Å². The van der Waals surface area contributed by atoms with Crippen LogP contribution in [0.1, 0.15) is 29.6 Å². The number of carbonyl (C=O) groups excluding carboxylic acids is 2. The molecule has 0 spiro atoms. The van der Waals surface area contributed by atoms with Crippen LogP contribution < -0.4 is 16.0 Å². The maximum Gasteiger partial charge on any atom is 0.323 e. The first-order valence-corrected chi connectivity index (χ1v) is 9.47. The van der Waals surface area contributed by atoms with Crippen LogP contribution in [0.25, 0.3) is 0 Å². The lowest BCUT2D eigenvalue weighted by molar-refractivity contribution is 0.0680. The predicted molar refractivity (Wildman–Crippen MR) is 113 cm³/mol. The van der Waals surface area contributed by atoms with Crippen LogP contribution in [0.15, 0.2) is 54.6 Å². The van der Waals surface area contributed by atoms with E-state index in [2.05, 4.69) is 20.9 Å². The van der Waals surface area contributed by atoms with Crippen molar-refractivity contribution in [1.82, 2.24) is 10.2 Å². The molecule has 2 fully saturated rings. The number of urea groups is 1. The first-order chi connectivity index (χ1) is 13.2. The monoisotopic (exact) mass is 400 g/mol. The fourth-order valence-electron chi connectivity index (χ4n) is 3.97. The van der Waals surface area contributed by atoms with Gasteiger partial charge in [0.2, 0.25) is 0 Å². The molecule has 0 radical (unpaired) electrons. The Morgan fingerprint density at radius 3 is 2.21 bits per heavy atom. The molecular formula is C21H25ClN4O2. The van der Waals surface area contributed by atoms with E-state index < -0.39 is 0 Å². The highest BCUT2D eigenvalue weighted by Gasteiger charge is 2.38. The van der Waals surface area contributed by atoms with Crippen LogP contribution in [-0.2, 0) is 0 Å². The molecule has 2 unspecified atom stereocenters. The van der Waals surface area contributed by atoms with Crippen molar-refractivity contribution < 1.29 is 9.59 Å². The van der Waals surface area contributed by atoms with Crippen LogP contribution in [-0.4, -0.2) is 42.0 Å². The number of fused-ring (bicyclic) bond motifs is 2. The molecule has 0 aromatic heterocycles. The number of para-hydroxylation sites is 1. The van der Waals surface area contributed by atoms with E-state index in [1.54, 1.807) is 24.3 Å². The average molecular weight is 401 g/mol. The van der Waals surface area contributed by atoms with Crippen molar-refractivity contribution >= 4 is 35.7 Å². The Hall–Kier alpha value is -2.57. The van der Waals surface area contributed by atoms with E-state index in [4.69, 9.17) is 0 Å². The molecule has 0 saturated carbocycles. The second-order valence-corrected chi connectivity index (χ2v) is 7.11. The zero-order valence-electron chi connectivity index (χ0n) is 15.6. The summed E-state index contributed by atoms with van der Waals surface area (Å²) in [6.45, 7) is 1.85. The summed E-state index contributed by atoms with van der Waals surface area (Å²) in [5, 5.41) is 8.98.